The molecule has 0 amide bonds. The first kappa shape index (κ1) is 35.1. The number of hydrogen-bond donors (Lipinski definition) is 0. The van der Waals surface area contributed by atoms with E-state index >= 15 is 0 Å². The van der Waals surface area contributed by atoms with Crippen molar-refractivity contribution in [1.29, 1.82) is 5.26 Å². The average molecular weight is 645 g/mol. The lowest BCUT2D eigenvalue weighted by Gasteiger charge is -2.12. The SMILES string of the molecule is [C-]#[N+]C(C#N)=C1Sc2c(OC(=O)CCC(=O)OCCOC(=O)C=C)ccc(OC(=O)CCC(=O)OCCOC(=O)C=C)c2S1. The van der Waals surface area contributed by atoms with E-state index in [0.29, 0.717) is 9.79 Å². The Balaban J connectivity index is 2.01. The molecule has 0 aromatic heterocycles. The van der Waals surface area contributed by atoms with Gasteiger partial charge in [0.25, 0.3) is 5.70 Å². The van der Waals surface area contributed by atoms with Gasteiger partial charge < -0.3 is 28.4 Å². The van der Waals surface area contributed by atoms with E-state index in [4.69, 9.17) is 25.5 Å². The topological polar surface area (TPSA) is 186 Å². The van der Waals surface area contributed by atoms with Crippen LogP contribution in [0.15, 0.2) is 57.2 Å². The van der Waals surface area contributed by atoms with Gasteiger partial charge in [-0.25, -0.2) is 19.7 Å². The van der Waals surface area contributed by atoms with Gasteiger partial charge in [-0.05, 0) is 12.1 Å². The van der Waals surface area contributed by atoms with E-state index in [0.717, 1.165) is 35.7 Å². The molecule has 2 rings (SSSR count). The van der Waals surface area contributed by atoms with Crippen LogP contribution in [0, 0.1) is 17.9 Å². The molecule has 14 nitrogen and oxygen atoms in total. The van der Waals surface area contributed by atoms with Crippen LogP contribution in [0.5, 0.6) is 11.5 Å². The van der Waals surface area contributed by atoms with Crippen LogP contribution in [0.1, 0.15) is 25.7 Å². The van der Waals surface area contributed by atoms with Gasteiger partial charge in [0.15, 0.2) is 0 Å². The monoisotopic (exact) mass is 644 g/mol. The number of thioether (sulfide) groups is 2. The average Bonchev–Trinajstić information content (AvgIpc) is 3.46. The molecule has 0 radical (unpaired) electrons. The van der Waals surface area contributed by atoms with E-state index in [1.807, 2.05) is 0 Å². The quantitative estimate of drug-likeness (QED) is 0.0484. The molecule has 0 saturated heterocycles. The molecule has 0 bridgehead atoms. The molecule has 16 heteroatoms. The first-order valence-corrected chi connectivity index (χ1v) is 14.1. The molecule has 0 atom stereocenters. The normalized spacial score (nSPS) is 11.0. The predicted octanol–water partition coefficient (Wildman–Crippen LogP) is 3.41. The third kappa shape index (κ3) is 11.7. The summed E-state index contributed by atoms with van der Waals surface area (Å²) in [6, 6.07) is 4.45. The Kier molecular flexibility index (Phi) is 14.8. The molecule has 1 aromatic carbocycles. The van der Waals surface area contributed by atoms with E-state index < -0.39 is 35.8 Å². The Bertz CT molecular complexity index is 1350. The number of hydrogen-bond acceptors (Lipinski definition) is 15. The Morgan fingerprint density at radius 3 is 1.48 bits per heavy atom. The number of allylic oxidation sites excluding steroid dienone is 1. The second kappa shape index (κ2) is 18.5. The van der Waals surface area contributed by atoms with Crippen molar-refractivity contribution in [1.82, 2.24) is 0 Å². The molecule has 0 aliphatic carbocycles. The number of rotatable bonds is 16. The van der Waals surface area contributed by atoms with Crippen LogP contribution in [0.4, 0.5) is 0 Å². The first-order chi connectivity index (χ1) is 21.1. The van der Waals surface area contributed by atoms with Gasteiger partial charge in [0, 0.05) is 12.2 Å². The number of nitrogens with zero attached hydrogens (tertiary/aromatic N) is 2. The Hall–Kier alpha value is -5.06. The van der Waals surface area contributed by atoms with Crippen molar-refractivity contribution in [3.05, 3.63) is 58.8 Å². The smallest absolute Gasteiger partial charge is 0.330 e. The maximum atomic E-state index is 12.5. The number of benzene rings is 1. The highest BCUT2D eigenvalue weighted by Crippen LogP contribution is 2.59. The Morgan fingerprint density at radius 2 is 1.11 bits per heavy atom. The van der Waals surface area contributed by atoms with Crippen LogP contribution in [0.25, 0.3) is 4.85 Å². The summed E-state index contributed by atoms with van der Waals surface area (Å²) >= 11 is 1.92. The summed E-state index contributed by atoms with van der Waals surface area (Å²) in [5, 5.41) is 9.31. The number of nitriles is 1. The molecular formula is C28H24N2O12S2. The maximum Gasteiger partial charge on any atom is 0.330 e. The van der Waals surface area contributed by atoms with Crippen LogP contribution < -0.4 is 9.47 Å². The number of fused-ring (bicyclic) bond motifs is 1. The van der Waals surface area contributed by atoms with E-state index in [2.05, 4.69) is 27.5 Å². The van der Waals surface area contributed by atoms with Crippen molar-refractivity contribution < 1.29 is 57.2 Å². The Labute approximate surface area is 259 Å². The van der Waals surface area contributed by atoms with Crippen LogP contribution >= 0.6 is 23.5 Å². The van der Waals surface area contributed by atoms with Crippen molar-refractivity contribution >= 4 is 59.3 Å². The van der Waals surface area contributed by atoms with Gasteiger partial charge in [0.05, 0.1) is 52.4 Å². The molecule has 0 spiro atoms. The van der Waals surface area contributed by atoms with Crippen LogP contribution in [0.3, 0.4) is 0 Å². The highest BCUT2D eigenvalue weighted by Gasteiger charge is 2.30. The van der Waals surface area contributed by atoms with Gasteiger partial charge in [0.1, 0.15) is 37.9 Å². The fourth-order valence-electron chi connectivity index (χ4n) is 2.91. The number of esters is 6. The van der Waals surface area contributed by atoms with E-state index in [-0.39, 0.29) is 73.5 Å². The molecule has 1 aromatic rings. The summed E-state index contributed by atoms with van der Waals surface area (Å²) in [7, 11) is 0. The van der Waals surface area contributed by atoms with Crippen molar-refractivity contribution in [3.63, 3.8) is 0 Å². The standard InChI is InChI=1S/C28H24N2O12S2/c1-4-20(31)37-12-14-39-22(33)8-10-24(35)41-18-6-7-19(27-26(18)43-28(44-27)17(16-29)30-3)42-25(36)11-9-23(34)40-15-13-38-21(32)5-2/h4-7H,1-2,8-15H2. The second-order valence-electron chi connectivity index (χ2n) is 7.92. The maximum absolute atomic E-state index is 12.5. The fourth-order valence-corrected chi connectivity index (χ4v) is 5.38. The van der Waals surface area contributed by atoms with E-state index in [1.54, 1.807) is 6.07 Å². The van der Waals surface area contributed by atoms with Gasteiger partial charge in [-0.1, -0.05) is 36.7 Å². The lowest BCUT2D eigenvalue weighted by molar-refractivity contribution is -0.151. The zero-order valence-corrected chi connectivity index (χ0v) is 24.6. The molecule has 1 aliphatic heterocycles. The summed E-state index contributed by atoms with van der Waals surface area (Å²) in [5.41, 5.74) is -0.228. The number of carbonyl (C=O) groups is 6. The summed E-state index contributed by atoms with van der Waals surface area (Å²) in [6.07, 6.45) is 0.570. The Morgan fingerprint density at radius 1 is 0.727 bits per heavy atom. The molecular weight excluding hydrogens is 620 g/mol. The van der Waals surface area contributed by atoms with Gasteiger partial charge in [-0.2, -0.15) is 0 Å². The van der Waals surface area contributed by atoms with Gasteiger partial charge in [0.2, 0.25) is 0 Å². The minimum absolute atomic E-state index is 0.0324. The molecule has 0 N–H and O–H groups in total. The van der Waals surface area contributed by atoms with E-state index in [1.165, 1.54) is 12.1 Å². The van der Waals surface area contributed by atoms with Crippen LogP contribution in [0.2, 0.25) is 0 Å². The predicted molar refractivity (Wildman–Crippen MR) is 151 cm³/mol. The molecule has 44 heavy (non-hydrogen) atoms. The zero-order valence-electron chi connectivity index (χ0n) is 23.0. The molecule has 230 valence electrons. The van der Waals surface area contributed by atoms with Gasteiger partial charge >= 0.3 is 35.8 Å². The molecule has 1 aliphatic rings. The van der Waals surface area contributed by atoms with Crippen molar-refractivity contribution in [2.24, 2.45) is 0 Å². The fraction of sp³-hybridized carbons (Fsp3) is 0.286. The number of carbonyl (C=O) groups excluding carboxylic acids is 6. The van der Waals surface area contributed by atoms with Gasteiger partial charge in [-0.3, -0.25) is 19.2 Å². The first-order valence-electron chi connectivity index (χ1n) is 12.5. The summed E-state index contributed by atoms with van der Waals surface area (Å²) < 4.78 is 30.2. The molecule has 1 heterocycles. The minimum atomic E-state index is -0.793. The summed E-state index contributed by atoms with van der Waals surface area (Å²) in [4.78, 5) is 74.4. The highest BCUT2D eigenvalue weighted by molar-refractivity contribution is 8.24. The van der Waals surface area contributed by atoms with Crippen molar-refractivity contribution in [2.75, 3.05) is 26.4 Å². The molecule has 0 fully saturated rings. The molecule has 0 unspecified atom stereocenters. The summed E-state index contributed by atoms with van der Waals surface area (Å²) in [6.45, 7) is 12.9. The van der Waals surface area contributed by atoms with Crippen molar-refractivity contribution in [3.8, 4) is 17.6 Å². The third-order valence-corrected chi connectivity index (χ3v) is 7.47. The largest absolute Gasteiger partial charge is 0.462 e. The third-order valence-electron chi connectivity index (χ3n) is 4.87. The lowest BCUT2D eigenvalue weighted by atomic mass is 10.3. The van der Waals surface area contributed by atoms with Crippen LogP contribution in [-0.4, -0.2) is 62.2 Å². The molecule has 0 saturated carbocycles. The van der Waals surface area contributed by atoms with Gasteiger partial charge in [-0.15, -0.1) is 0 Å². The highest BCUT2D eigenvalue weighted by atomic mass is 32.2. The summed E-state index contributed by atoms with van der Waals surface area (Å²) in [5.74, 6) is -4.32. The minimum Gasteiger partial charge on any atom is -0.462 e. The van der Waals surface area contributed by atoms with Crippen molar-refractivity contribution in [2.45, 2.75) is 35.5 Å². The van der Waals surface area contributed by atoms with Crippen LogP contribution in [-0.2, 0) is 47.7 Å². The zero-order chi connectivity index (χ0) is 32.5. The second-order valence-corrected chi connectivity index (χ2v) is 10.2. The van der Waals surface area contributed by atoms with E-state index in [9.17, 15) is 34.0 Å². The lowest BCUT2D eigenvalue weighted by Crippen LogP contribution is -2.16. The number of ether oxygens (including phenoxy) is 6.